The van der Waals surface area contributed by atoms with Gasteiger partial charge in [0, 0.05) is 22.2 Å². The molecule has 0 amide bonds. The molecule has 1 rings (SSSR count). The Kier molecular flexibility index (Phi) is 6.36. The largest absolute Gasteiger partial charge is 0.466 e. The zero-order valence-electron chi connectivity index (χ0n) is 11.4. The van der Waals surface area contributed by atoms with Gasteiger partial charge in [0.1, 0.15) is 0 Å². The Morgan fingerprint density at radius 1 is 1.44 bits per heavy atom. The van der Waals surface area contributed by atoms with Gasteiger partial charge in [0.05, 0.1) is 6.61 Å². The minimum absolute atomic E-state index is 0.0275. The average molecular weight is 269 g/mol. The van der Waals surface area contributed by atoms with E-state index in [1.165, 1.54) is 9.75 Å². The van der Waals surface area contributed by atoms with Crippen molar-refractivity contribution in [3.05, 3.63) is 21.9 Å². The molecule has 0 aliphatic carbocycles. The quantitative estimate of drug-likeness (QED) is 0.773. The number of aryl methyl sites for hydroxylation is 1. The summed E-state index contributed by atoms with van der Waals surface area (Å²) in [4.78, 5) is 13.9. The molecule has 102 valence electrons. The Morgan fingerprint density at radius 2 is 2.17 bits per heavy atom. The summed E-state index contributed by atoms with van der Waals surface area (Å²) in [5, 5.41) is 0. The van der Waals surface area contributed by atoms with Gasteiger partial charge in [-0.2, -0.15) is 0 Å². The van der Waals surface area contributed by atoms with E-state index in [9.17, 15) is 4.79 Å². The van der Waals surface area contributed by atoms with Crippen molar-refractivity contribution in [2.24, 2.45) is 11.7 Å². The summed E-state index contributed by atoms with van der Waals surface area (Å²) < 4.78 is 4.94. The smallest absolute Gasteiger partial charge is 0.306 e. The molecule has 18 heavy (non-hydrogen) atoms. The third kappa shape index (κ3) is 4.78. The molecule has 0 spiro atoms. The maximum atomic E-state index is 11.4. The van der Waals surface area contributed by atoms with Gasteiger partial charge < -0.3 is 10.5 Å². The molecule has 0 aromatic carbocycles. The summed E-state index contributed by atoms with van der Waals surface area (Å²) >= 11 is 1.77. The van der Waals surface area contributed by atoms with E-state index in [4.69, 9.17) is 10.5 Å². The number of carbonyl (C=O) groups is 1. The van der Waals surface area contributed by atoms with Gasteiger partial charge in [-0.1, -0.05) is 13.8 Å². The third-order valence-corrected chi connectivity index (χ3v) is 4.23. The van der Waals surface area contributed by atoms with Crippen LogP contribution < -0.4 is 5.73 Å². The van der Waals surface area contributed by atoms with Crippen LogP contribution in [0.15, 0.2) is 12.1 Å². The van der Waals surface area contributed by atoms with E-state index in [0.29, 0.717) is 13.0 Å². The Morgan fingerprint density at radius 3 is 2.72 bits per heavy atom. The van der Waals surface area contributed by atoms with Crippen LogP contribution in [-0.4, -0.2) is 12.6 Å². The van der Waals surface area contributed by atoms with E-state index < -0.39 is 0 Å². The van der Waals surface area contributed by atoms with Gasteiger partial charge in [-0.3, -0.25) is 4.79 Å². The van der Waals surface area contributed by atoms with E-state index in [1.54, 1.807) is 11.3 Å². The molecule has 1 aromatic heterocycles. The first-order valence-electron chi connectivity index (χ1n) is 6.56. The number of hydrogen-bond donors (Lipinski definition) is 1. The summed E-state index contributed by atoms with van der Waals surface area (Å²) in [6.45, 7) is 6.46. The number of esters is 1. The zero-order valence-corrected chi connectivity index (χ0v) is 12.3. The first kappa shape index (κ1) is 15.2. The fourth-order valence-corrected chi connectivity index (χ4v) is 2.89. The predicted octanol–water partition coefficient (Wildman–Crippen LogP) is 3.29. The van der Waals surface area contributed by atoms with E-state index in [-0.39, 0.29) is 17.9 Å². The monoisotopic (exact) mass is 269 g/mol. The van der Waals surface area contributed by atoms with Crippen molar-refractivity contribution < 1.29 is 9.53 Å². The van der Waals surface area contributed by atoms with Gasteiger partial charge in [0.15, 0.2) is 0 Å². The molecule has 0 saturated carbocycles. The van der Waals surface area contributed by atoms with Gasteiger partial charge in [-0.25, -0.2) is 0 Å². The summed E-state index contributed by atoms with van der Waals surface area (Å²) in [5.74, 6) is 0.129. The first-order chi connectivity index (χ1) is 8.56. The van der Waals surface area contributed by atoms with Crippen molar-refractivity contribution in [2.75, 3.05) is 6.61 Å². The molecule has 3 nitrogen and oxygen atoms in total. The molecule has 0 fully saturated rings. The fraction of sp³-hybridized carbons (Fsp3) is 0.643. The topological polar surface area (TPSA) is 52.3 Å². The molecule has 1 aromatic rings. The second-order valence-corrected chi connectivity index (χ2v) is 5.81. The molecule has 1 heterocycles. The second-order valence-electron chi connectivity index (χ2n) is 4.61. The SMILES string of the molecule is CCOC(=O)CC(C)CC(N)c1ccc(CC)s1. The number of ether oxygens (including phenoxy) is 1. The number of carbonyl (C=O) groups excluding carboxylic acids is 1. The van der Waals surface area contributed by atoms with E-state index >= 15 is 0 Å². The Labute approximate surface area is 113 Å². The van der Waals surface area contributed by atoms with Crippen LogP contribution in [-0.2, 0) is 16.0 Å². The summed E-state index contributed by atoms with van der Waals surface area (Å²) in [5.41, 5.74) is 6.17. The minimum atomic E-state index is -0.127. The summed E-state index contributed by atoms with van der Waals surface area (Å²) in [6, 6.07) is 4.26. The highest BCUT2D eigenvalue weighted by Crippen LogP contribution is 2.27. The van der Waals surface area contributed by atoms with Crippen LogP contribution in [0.25, 0.3) is 0 Å². The molecule has 0 bridgehead atoms. The van der Waals surface area contributed by atoms with Gasteiger partial charge in [-0.05, 0) is 37.8 Å². The molecule has 4 heteroatoms. The lowest BCUT2D eigenvalue weighted by Gasteiger charge is -2.15. The van der Waals surface area contributed by atoms with Crippen LogP contribution in [0.5, 0.6) is 0 Å². The molecule has 2 unspecified atom stereocenters. The van der Waals surface area contributed by atoms with E-state index in [2.05, 4.69) is 19.1 Å². The fourth-order valence-electron chi connectivity index (χ4n) is 1.92. The maximum absolute atomic E-state index is 11.4. The van der Waals surface area contributed by atoms with Gasteiger partial charge in [0.25, 0.3) is 0 Å². The van der Waals surface area contributed by atoms with Crippen molar-refractivity contribution in [1.29, 1.82) is 0 Å². The molecule has 0 aliphatic rings. The van der Waals surface area contributed by atoms with Crippen LogP contribution in [0.1, 0.15) is 49.4 Å². The lowest BCUT2D eigenvalue weighted by Crippen LogP contribution is -2.16. The van der Waals surface area contributed by atoms with Crippen LogP contribution in [0, 0.1) is 5.92 Å². The van der Waals surface area contributed by atoms with Crippen molar-refractivity contribution >= 4 is 17.3 Å². The molecule has 0 radical (unpaired) electrons. The molecular formula is C14H23NO2S. The van der Waals surface area contributed by atoms with Crippen molar-refractivity contribution in [1.82, 2.24) is 0 Å². The van der Waals surface area contributed by atoms with Gasteiger partial charge in [0.2, 0.25) is 0 Å². The summed E-state index contributed by atoms with van der Waals surface area (Å²) in [6.07, 6.45) is 2.33. The second kappa shape index (κ2) is 7.54. The number of hydrogen-bond acceptors (Lipinski definition) is 4. The molecule has 0 aliphatic heterocycles. The Hall–Kier alpha value is -0.870. The maximum Gasteiger partial charge on any atom is 0.306 e. The highest BCUT2D eigenvalue weighted by atomic mass is 32.1. The molecule has 2 atom stereocenters. The number of rotatable bonds is 7. The van der Waals surface area contributed by atoms with Crippen molar-refractivity contribution in [2.45, 2.75) is 46.1 Å². The van der Waals surface area contributed by atoms with Crippen LogP contribution in [0.2, 0.25) is 0 Å². The number of thiophene rings is 1. The normalized spacial score (nSPS) is 14.2. The molecule has 0 saturated heterocycles. The van der Waals surface area contributed by atoms with E-state index in [1.807, 2.05) is 13.8 Å². The van der Waals surface area contributed by atoms with E-state index in [0.717, 1.165) is 12.8 Å². The van der Waals surface area contributed by atoms with Crippen LogP contribution in [0.4, 0.5) is 0 Å². The minimum Gasteiger partial charge on any atom is -0.466 e. The Bertz CT molecular complexity index is 376. The van der Waals surface area contributed by atoms with Crippen molar-refractivity contribution in [3.63, 3.8) is 0 Å². The highest BCUT2D eigenvalue weighted by molar-refractivity contribution is 7.12. The predicted molar refractivity (Wildman–Crippen MR) is 75.7 cm³/mol. The summed E-state index contributed by atoms with van der Waals surface area (Å²) in [7, 11) is 0. The zero-order chi connectivity index (χ0) is 13.5. The molecule has 2 N–H and O–H groups in total. The molecular weight excluding hydrogens is 246 g/mol. The third-order valence-electron chi connectivity index (χ3n) is 2.87. The van der Waals surface area contributed by atoms with Gasteiger partial charge >= 0.3 is 5.97 Å². The highest BCUT2D eigenvalue weighted by Gasteiger charge is 2.16. The number of nitrogens with two attached hydrogens (primary N) is 1. The van der Waals surface area contributed by atoms with Crippen LogP contribution >= 0.6 is 11.3 Å². The Balaban J connectivity index is 2.43. The van der Waals surface area contributed by atoms with Crippen LogP contribution in [0.3, 0.4) is 0 Å². The standard InChI is InChI=1S/C14H23NO2S/c1-4-11-6-7-13(18-11)12(15)8-10(3)9-14(16)17-5-2/h6-7,10,12H,4-5,8-9,15H2,1-3H3. The average Bonchev–Trinajstić information content (AvgIpc) is 2.77. The lowest BCUT2D eigenvalue weighted by atomic mass is 9.98. The van der Waals surface area contributed by atoms with Crippen molar-refractivity contribution in [3.8, 4) is 0 Å². The lowest BCUT2D eigenvalue weighted by molar-refractivity contribution is -0.144. The van der Waals surface area contributed by atoms with Gasteiger partial charge in [-0.15, -0.1) is 11.3 Å². The first-order valence-corrected chi connectivity index (χ1v) is 7.38.